The number of aryl methyl sites for hydroxylation is 2. The van der Waals surface area contributed by atoms with Crippen molar-refractivity contribution in [1.29, 1.82) is 0 Å². The Morgan fingerprint density at radius 2 is 1.76 bits per heavy atom. The number of amides is 1. The van der Waals surface area contributed by atoms with Gasteiger partial charge in [0.15, 0.2) is 5.69 Å². The smallest absolute Gasteiger partial charge is 0.331 e. The minimum Gasteiger partial charge on any atom is -0.331 e. The molecule has 2 aromatic heterocycles. The number of hydrogen-bond donors (Lipinski definition) is 0. The Morgan fingerprint density at radius 3 is 2.53 bits per heavy atom. The Balaban J connectivity index is 1.53. The monoisotopic (exact) mass is 515 g/mol. The first-order chi connectivity index (χ1) is 18.2. The van der Waals surface area contributed by atoms with Crippen molar-refractivity contribution >= 4 is 22.4 Å². The largest absolute Gasteiger partial charge is 0.435 e. The molecule has 0 unspecified atom stereocenters. The minimum absolute atomic E-state index is 0.0214. The molecular formula is C29H24F3N5O. The van der Waals surface area contributed by atoms with Crippen LogP contribution in [-0.4, -0.2) is 31.8 Å². The number of carbonyl (C=O) groups excluding carboxylic acids is 1. The summed E-state index contributed by atoms with van der Waals surface area (Å²) in [4.78, 5) is 20.0. The lowest BCUT2D eigenvalue weighted by Gasteiger charge is -2.31. The first-order valence-corrected chi connectivity index (χ1v) is 12.2. The zero-order valence-corrected chi connectivity index (χ0v) is 20.8. The third-order valence-electron chi connectivity index (χ3n) is 7.09. The van der Waals surface area contributed by atoms with Crippen molar-refractivity contribution in [2.24, 2.45) is 7.05 Å². The topological polar surface area (TPSA) is 56.0 Å². The molecule has 6 nitrogen and oxygen atoms in total. The van der Waals surface area contributed by atoms with E-state index in [1.165, 1.54) is 17.9 Å². The van der Waals surface area contributed by atoms with Gasteiger partial charge in [0.2, 0.25) is 0 Å². The van der Waals surface area contributed by atoms with Gasteiger partial charge in [-0.15, -0.1) is 0 Å². The van der Waals surface area contributed by atoms with Crippen LogP contribution in [0.2, 0.25) is 0 Å². The van der Waals surface area contributed by atoms with Crippen molar-refractivity contribution in [3.05, 3.63) is 101 Å². The number of carbonyl (C=O) groups is 1. The van der Waals surface area contributed by atoms with Crippen LogP contribution in [0, 0.1) is 6.92 Å². The molecule has 0 aliphatic carbocycles. The first kappa shape index (κ1) is 24.0. The second-order valence-electron chi connectivity index (χ2n) is 9.54. The van der Waals surface area contributed by atoms with Crippen molar-refractivity contribution in [2.45, 2.75) is 26.1 Å². The maximum Gasteiger partial charge on any atom is 0.435 e. The summed E-state index contributed by atoms with van der Waals surface area (Å²) in [7, 11) is 1.47. The summed E-state index contributed by atoms with van der Waals surface area (Å²) in [6.45, 7) is 2.58. The number of nitrogens with zero attached hydrogens (tertiary/aromatic N) is 5. The van der Waals surface area contributed by atoms with Gasteiger partial charge < -0.3 is 9.47 Å². The van der Waals surface area contributed by atoms with Crippen molar-refractivity contribution in [3.8, 4) is 11.1 Å². The predicted octanol–water partition coefficient (Wildman–Crippen LogP) is 6.02. The molecule has 192 valence electrons. The third kappa shape index (κ3) is 4.04. The number of anilines is 1. The molecule has 3 heterocycles. The number of aromatic nitrogens is 4. The molecule has 0 saturated heterocycles. The highest BCUT2D eigenvalue weighted by atomic mass is 19.4. The molecule has 0 atom stereocenters. The number of alkyl halides is 3. The predicted molar refractivity (Wildman–Crippen MR) is 139 cm³/mol. The summed E-state index contributed by atoms with van der Waals surface area (Å²) >= 11 is 0. The maximum atomic E-state index is 14.0. The van der Waals surface area contributed by atoms with Crippen LogP contribution in [0.15, 0.2) is 73.2 Å². The van der Waals surface area contributed by atoms with Gasteiger partial charge >= 0.3 is 6.18 Å². The van der Waals surface area contributed by atoms with Crippen LogP contribution < -0.4 is 4.90 Å². The van der Waals surface area contributed by atoms with Crippen molar-refractivity contribution in [3.63, 3.8) is 0 Å². The van der Waals surface area contributed by atoms with E-state index in [9.17, 15) is 18.0 Å². The molecule has 0 spiro atoms. The van der Waals surface area contributed by atoms with E-state index in [4.69, 9.17) is 0 Å². The molecule has 0 bridgehead atoms. The molecule has 0 fully saturated rings. The van der Waals surface area contributed by atoms with Gasteiger partial charge in [-0.3, -0.25) is 9.48 Å². The summed E-state index contributed by atoms with van der Waals surface area (Å²) in [5, 5.41) is 5.68. The van der Waals surface area contributed by atoms with E-state index in [-0.39, 0.29) is 11.5 Å². The second kappa shape index (κ2) is 8.86. The molecule has 3 aromatic carbocycles. The van der Waals surface area contributed by atoms with E-state index in [1.54, 1.807) is 17.2 Å². The van der Waals surface area contributed by atoms with E-state index < -0.39 is 11.9 Å². The van der Waals surface area contributed by atoms with E-state index in [1.807, 2.05) is 66.2 Å². The number of benzene rings is 3. The molecule has 6 rings (SSSR count). The highest BCUT2D eigenvalue weighted by molar-refractivity contribution is 6.13. The summed E-state index contributed by atoms with van der Waals surface area (Å²) in [5.74, 6) is 0.538. The maximum absolute atomic E-state index is 14.0. The molecule has 1 aliphatic rings. The number of halogens is 3. The van der Waals surface area contributed by atoms with Crippen LogP contribution in [0.5, 0.6) is 0 Å². The number of hydrogen-bond acceptors (Lipinski definition) is 3. The third-order valence-corrected chi connectivity index (χ3v) is 7.09. The molecule has 9 heteroatoms. The number of imidazole rings is 1. The molecule has 0 N–H and O–H groups in total. The molecule has 38 heavy (non-hydrogen) atoms. The lowest BCUT2D eigenvalue weighted by atomic mass is 9.87. The van der Waals surface area contributed by atoms with Gasteiger partial charge in [-0.1, -0.05) is 36.4 Å². The molecule has 1 aliphatic heterocycles. The average molecular weight is 516 g/mol. The highest BCUT2D eigenvalue weighted by Crippen LogP contribution is 2.41. The van der Waals surface area contributed by atoms with E-state index in [2.05, 4.69) is 10.1 Å². The molecule has 1 amide bonds. The van der Waals surface area contributed by atoms with Gasteiger partial charge in [0.05, 0.1) is 5.69 Å². The Bertz CT molecular complexity index is 1690. The van der Waals surface area contributed by atoms with Gasteiger partial charge in [-0.2, -0.15) is 18.3 Å². The Labute approximate surface area is 216 Å². The summed E-state index contributed by atoms with van der Waals surface area (Å²) in [6, 6.07) is 17.2. The van der Waals surface area contributed by atoms with Crippen LogP contribution in [0.3, 0.4) is 0 Å². The SMILES string of the molecule is Cc1nccn1Cc1cc2c(c(-c3cn(C)nc3C(F)(F)F)c1)CCN(c1cccc3ccccc13)C2=O. The fraction of sp³-hybridized carbons (Fsp3) is 0.207. The van der Waals surface area contributed by atoms with Crippen LogP contribution in [0.25, 0.3) is 21.9 Å². The zero-order chi connectivity index (χ0) is 26.6. The number of rotatable bonds is 4. The van der Waals surface area contributed by atoms with Gasteiger partial charge in [0.25, 0.3) is 5.91 Å². The van der Waals surface area contributed by atoms with Crippen molar-refractivity contribution in [1.82, 2.24) is 19.3 Å². The van der Waals surface area contributed by atoms with E-state index in [0.717, 1.165) is 22.3 Å². The Morgan fingerprint density at radius 1 is 1.00 bits per heavy atom. The van der Waals surface area contributed by atoms with Crippen LogP contribution in [0.4, 0.5) is 18.9 Å². The average Bonchev–Trinajstić information content (AvgIpc) is 3.49. The fourth-order valence-electron chi connectivity index (χ4n) is 5.33. The first-order valence-electron chi connectivity index (χ1n) is 12.2. The van der Waals surface area contributed by atoms with Gasteiger partial charge in [-0.25, -0.2) is 4.98 Å². The van der Waals surface area contributed by atoms with E-state index in [0.29, 0.717) is 41.8 Å². The Hall–Kier alpha value is -4.40. The fourth-order valence-corrected chi connectivity index (χ4v) is 5.33. The number of fused-ring (bicyclic) bond motifs is 2. The van der Waals surface area contributed by atoms with Gasteiger partial charge in [-0.05, 0) is 53.6 Å². The van der Waals surface area contributed by atoms with Crippen LogP contribution in [0.1, 0.15) is 33.0 Å². The molecule has 5 aromatic rings. The quantitative estimate of drug-likeness (QED) is 0.294. The zero-order valence-electron chi connectivity index (χ0n) is 20.8. The lowest BCUT2D eigenvalue weighted by molar-refractivity contribution is -0.140. The molecule has 0 saturated carbocycles. The second-order valence-corrected chi connectivity index (χ2v) is 9.54. The van der Waals surface area contributed by atoms with Crippen molar-refractivity contribution < 1.29 is 18.0 Å². The van der Waals surface area contributed by atoms with Gasteiger partial charge in [0, 0.05) is 55.2 Å². The van der Waals surface area contributed by atoms with Gasteiger partial charge in [0.1, 0.15) is 5.82 Å². The normalized spacial score (nSPS) is 13.8. The Kier molecular flexibility index (Phi) is 5.59. The van der Waals surface area contributed by atoms with Crippen LogP contribution >= 0.6 is 0 Å². The van der Waals surface area contributed by atoms with E-state index >= 15 is 0 Å². The summed E-state index contributed by atoms with van der Waals surface area (Å²) in [5.41, 5.74) is 1.93. The van der Waals surface area contributed by atoms with Crippen LogP contribution in [-0.2, 0) is 26.2 Å². The standard InChI is InChI=1S/C29H24F3N5O/c1-18-33-11-13-36(18)16-19-14-23(25-17-35(2)34-27(25)29(30,31)32)22-10-12-37(28(38)24(22)15-19)26-9-5-7-20-6-3-4-8-21(20)26/h3-9,11,13-15,17H,10,12,16H2,1-2H3. The van der Waals surface area contributed by atoms with Crippen molar-refractivity contribution in [2.75, 3.05) is 11.4 Å². The minimum atomic E-state index is -4.63. The molecular weight excluding hydrogens is 491 g/mol. The summed E-state index contributed by atoms with van der Waals surface area (Å²) < 4.78 is 45.0. The molecule has 0 radical (unpaired) electrons. The lowest BCUT2D eigenvalue weighted by Crippen LogP contribution is -2.38. The summed E-state index contributed by atoms with van der Waals surface area (Å²) in [6.07, 6.45) is 0.644. The highest BCUT2D eigenvalue weighted by Gasteiger charge is 2.39.